The Hall–Kier alpha value is -1.40. The summed E-state index contributed by atoms with van der Waals surface area (Å²) < 4.78 is 0. The van der Waals surface area contributed by atoms with Crippen LogP contribution in [0.25, 0.3) is 0 Å². The lowest BCUT2D eigenvalue weighted by molar-refractivity contribution is -0.141. The Morgan fingerprint density at radius 3 is 2.27 bits per heavy atom. The molecule has 0 aromatic heterocycles. The summed E-state index contributed by atoms with van der Waals surface area (Å²) in [5.74, 6) is 0.480. The third kappa shape index (κ3) is 7.09. The maximum atomic E-state index is 13.1. The molecule has 0 aliphatic carbocycles. The van der Waals surface area contributed by atoms with Gasteiger partial charge in [0.05, 0.1) is 0 Å². The molecule has 2 aromatic carbocycles. The summed E-state index contributed by atoms with van der Waals surface area (Å²) >= 11 is 20.2. The van der Waals surface area contributed by atoms with Gasteiger partial charge in [-0.05, 0) is 55.0 Å². The Kier molecular flexibility index (Phi) is 10.3. The van der Waals surface area contributed by atoms with Crippen LogP contribution >= 0.6 is 46.6 Å². The second-order valence-corrected chi connectivity index (χ2v) is 9.09. The Balaban J connectivity index is 2.07. The van der Waals surface area contributed by atoms with Crippen LogP contribution in [0.1, 0.15) is 31.7 Å². The number of hydrogen-bond donors (Lipinski definition) is 1. The zero-order chi connectivity index (χ0) is 22.1. The Morgan fingerprint density at radius 2 is 1.70 bits per heavy atom. The fourth-order valence-electron chi connectivity index (χ4n) is 3.03. The van der Waals surface area contributed by atoms with Gasteiger partial charge in [-0.2, -0.15) is 0 Å². The molecule has 0 saturated carbocycles. The lowest BCUT2D eigenvalue weighted by Crippen LogP contribution is -2.48. The minimum atomic E-state index is -0.584. The first-order valence-electron chi connectivity index (χ1n) is 9.69. The van der Waals surface area contributed by atoms with Crippen molar-refractivity contribution >= 4 is 58.4 Å². The maximum absolute atomic E-state index is 13.1. The van der Waals surface area contributed by atoms with Gasteiger partial charge in [0.1, 0.15) is 6.04 Å². The third-order valence-corrected chi connectivity index (χ3v) is 6.70. The smallest absolute Gasteiger partial charge is 0.242 e. The van der Waals surface area contributed by atoms with Crippen molar-refractivity contribution in [1.29, 1.82) is 0 Å². The van der Waals surface area contributed by atoms with E-state index in [1.165, 1.54) is 0 Å². The largest absolute Gasteiger partial charge is 0.357 e. The number of carbonyl (C=O) groups excluding carboxylic acids is 2. The average molecular weight is 488 g/mol. The van der Waals surface area contributed by atoms with Gasteiger partial charge in [-0.3, -0.25) is 9.59 Å². The molecular formula is C22H25Cl3N2O2S. The third-order valence-electron chi connectivity index (χ3n) is 4.64. The molecule has 0 saturated heterocycles. The van der Waals surface area contributed by atoms with Crippen LogP contribution in [0, 0.1) is 0 Å². The predicted molar refractivity (Wildman–Crippen MR) is 127 cm³/mol. The molecule has 0 spiro atoms. The number of hydrogen-bond acceptors (Lipinski definition) is 3. The number of nitrogens with one attached hydrogen (secondary N) is 1. The van der Waals surface area contributed by atoms with Crippen LogP contribution in [0.5, 0.6) is 0 Å². The molecule has 1 N–H and O–H groups in total. The summed E-state index contributed by atoms with van der Waals surface area (Å²) in [6.45, 7) is 2.07. The second-order valence-electron chi connectivity index (χ2n) is 6.67. The van der Waals surface area contributed by atoms with Crippen molar-refractivity contribution in [3.8, 4) is 0 Å². The Bertz CT molecular complexity index is 842. The van der Waals surface area contributed by atoms with Crippen LogP contribution in [-0.4, -0.2) is 35.6 Å². The fourth-order valence-corrected chi connectivity index (χ4v) is 4.52. The van der Waals surface area contributed by atoms with E-state index in [9.17, 15) is 9.59 Å². The van der Waals surface area contributed by atoms with Gasteiger partial charge in [-0.25, -0.2) is 0 Å². The van der Waals surface area contributed by atoms with Crippen molar-refractivity contribution in [2.45, 2.75) is 43.7 Å². The van der Waals surface area contributed by atoms with Crippen molar-refractivity contribution in [2.24, 2.45) is 0 Å². The molecule has 0 fully saturated rings. The molecule has 30 heavy (non-hydrogen) atoms. The number of amides is 2. The van der Waals surface area contributed by atoms with Crippen LogP contribution in [0.2, 0.25) is 15.1 Å². The summed E-state index contributed by atoms with van der Waals surface area (Å²) in [6.07, 6.45) is 1.51. The Labute approximate surface area is 197 Å². The lowest BCUT2D eigenvalue weighted by Gasteiger charge is -2.31. The van der Waals surface area contributed by atoms with Gasteiger partial charge in [0, 0.05) is 45.5 Å². The number of benzene rings is 2. The fraction of sp³-hybridized carbons (Fsp3) is 0.364. The molecule has 0 aliphatic rings. The molecule has 0 radical (unpaired) electrons. The topological polar surface area (TPSA) is 49.4 Å². The van der Waals surface area contributed by atoms with Crippen molar-refractivity contribution in [2.75, 3.05) is 12.8 Å². The van der Waals surface area contributed by atoms with Gasteiger partial charge < -0.3 is 10.2 Å². The summed E-state index contributed by atoms with van der Waals surface area (Å²) in [6, 6.07) is 12.2. The van der Waals surface area contributed by atoms with Gasteiger partial charge in [0.2, 0.25) is 11.8 Å². The number of halogens is 3. The summed E-state index contributed by atoms with van der Waals surface area (Å²) in [4.78, 5) is 28.2. The molecule has 2 rings (SSSR count). The number of likely N-dealkylation sites (N-methyl/N-ethyl adjacent to an activating group) is 1. The predicted octanol–water partition coefficient (Wildman–Crippen LogP) is 6.07. The molecule has 162 valence electrons. The molecule has 0 aliphatic heterocycles. The Morgan fingerprint density at radius 1 is 1.07 bits per heavy atom. The molecule has 1 atom stereocenters. The summed E-state index contributed by atoms with van der Waals surface area (Å²) in [7, 11) is 1.57. The van der Waals surface area contributed by atoms with E-state index in [2.05, 4.69) is 5.32 Å². The molecule has 0 unspecified atom stereocenters. The standard InChI is InChI=1S/C22H25Cl3N2O2S/c1-3-20(22(29)26-2)27(14-17-18(24)6-4-7-19(17)25)21(28)8-5-13-30-16-11-9-15(23)10-12-16/h4,6-7,9-12,20H,3,5,8,13-14H2,1-2H3,(H,26,29)/t20-/m1/s1. The van der Waals surface area contributed by atoms with Gasteiger partial charge in [-0.15, -0.1) is 11.8 Å². The van der Waals surface area contributed by atoms with Gasteiger partial charge in [0.15, 0.2) is 0 Å². The van der Waals surface area contributed by atoms with Crippen LogP contribution in [0.15, 0.2) is 47.4 Å². The van der Waals surface area contributed by atoms with E-state index in [1.807, 2.05) is 31.2 Å². The highest BCUT2D eigenvalue weighted by molar-refractivity contribution is 7.99. The van der Waals surface area contributed by atoms with E-state index in [1.54, 1.807) is 41.9 Å². The molecule has 0 bridgehead atoms. The van der Waals surface area contributed by atoms with Crippen LogP contribution in [0.3, 0.4) is 0 Å². The highest BCUT2D eigenvalue weighted by Gasteiger charge is 2.28. The van der Waals surface area contributed by atoms with Crippen molar-refractivity contribution in [1.82, 2.24) is 10.2 Å². The first-order valence-corrected chi connectivity index (χ1v) is 11.8. The van der Waals surface area contributed by atoms with Crippen LogP contribution in [-0.2, 0) is 16.1 Å². The second kappa shape index (κ2) is 12.5. The number of thioether (sulfide) groups is 1. The van der Waals surface area contributed by atoms with Crippen molar-refractivity contribution in [3.05, 3.63) is 63.1 Å². The summed E-state index contributed by atoms with van der Waals surface area (Å²) in [5, 5.41) is 4.30. The first-order chi connectivity index (χ1) is 14.4. The molecule has 2 aromatic rings. The van der Waals surface area contributed by atoms with Crippen molar-refractivity contribution < 1.29 is 9.59 Å². The van der Waals surface area contributed by atoms with Gasteiger partial charge >= 0.3 is 0 Å². The maximum Gasteiger partial charge on any atom is 0.242 e. The molecule has 2 amide bonds. The van der Waals surface area contributed by atoms with E-state index in [0.717, 1.165) is 10.6 Å². The van der Waals surface area contributed by atoms with Gasteiger partial charge in [0.25, 0.3) is 0 Å². The molecular weight excluding hydrogens is 463 g/mol. The minimum absolute atomic E-state index is 0.0989. The number of nitrogens with zero attached hydrogens (tertiary/aromatic N) is 1. The number of rotatable bonds is 10. The van der Waals surface area contributed by atoms with E-state index >= 15 is 0 Å². The van der Waals surface area contributed by atoms with E-state index in [-0.39, 0.29) is 18.4 Å². The van der Waals surface area contributed by atoms with E-state index in [4.69, 9.17) is 34.8 Å². The van der Waals surface area contributed by atoms with E-state index in [0.29, 0.717) is 39.9 Å². The van der Waals surface area contributed by atoms with Gasteiger partial charge in [-0.1, -0.05) is 47.8 Å². The zero-order valence-electron chi connectivity index (χ0n) is 17.0. The molecule has 0 heterocycles. The zero-order valence-corrected chi connectivity index (χ0v) is 20.0. The highest BCUT2D eigenvalue weighted by atomic mass is 35.5. The van der Waals surface area contributed by atoms with Crippen LogP contribution < -0.4 is 5.32 Å². The average Bonchev–Trinajstić information content (AvgIpc) is 2.73. The SMILES string of the molecule is CC[C@H](C(=O)NC)N(Cc1c(Cl)cccc1Cl)C(=O)CCCSc1ccc(Cl)cc1. The van der Waals surface area contributed by atoms with E-state index < -0.39 is 6.04 Å². The monoisotopic (exact) mass is 486 g/mol. The quantitative estimate of drug-likeness (QED) is 0.327. The normalized spacial score (nSPS) is 11.8. The summed E-state index contributed by atoms with van der Waals surface area (Å²) in [5.41, 5.74) is 0.645. The van der Waals surface area contributed by atoms with Crippen LogP contribution in [0.4, 0.5) is 0 Å². The van der Waals surface area contributed by atoms with Crippen molar-refractivity contribution in [3.63, 3.8) is 0 Å². The first kappa shape index (κ1) is 24.9. The highest BCUT2D eigenvalue weighted by Crippen LogP contribution is 2.28. The minimum Gasteiger partial charge on any atom is -0.357 e. The molecule has 8 heteroatoms. The lowest BCUT2D eigenvalue weighted by atomic mass is 10.1. The number of carbonyl (C=O) groups is 2. The molecule has 4 nitrogen and oxygen atoms in total.